The van der Waals surface area contributed by atoms with Gasteiger partial charge in [0.05, 0.1) is 0 Å². The topological polar surface area (TPSA) is 49.4 Å². The molecule has 1 heterocycles. The molecule has 2 fully saturated rings. The van der Waals surface area contributed by atoms with Crippen LogP contribution in [0.4, 0.5) is 0 Å². The fraction of sp³-hybridized carbons (Fsp3) is 0.857. The van der Waals surface area contributed by atoms with E-state index in [1.54, 1.807) is 11.8 Å². The molecule has 2 aliphatic rings. The van der Waals surface area contributed by atoms with Crippen LogP contribution in [0, 0.1) is 0 Å². The van der Waals surface area contributed by atoms with Crippen LogP contribution in [0.25, 0.3) is 0 Å². The Bertz CT molecular complexity index is 348. The average molecular weight is 284 g/mol. The molecule has 0 bridgehead atoms. The maximum atomic E-state index is 12.4. The lowest BCUT2D eigenvalue weighted by atomic mass is 10.1. The minimum Gasteiger partial charge on any atom is -0.350 e. The largest absolute Gasteiger partial charge is 0.350 e. The van der Waals surface area contributed by atoms with Gasteiger partial charge in [0, 0.05) is 24.8 Å². The van der Waals surface area contributed by atoms with E-state index in [0.717, 1.165) is 31.6 Å². The molecule has 0 spiro atoms. The second-order valence-electron chi connectivity index (χ2n) is 5.41. The highest BCUT2D eigenvalue weighted by Gasteiger charge is 2.35. The normalized spacial score (nSPS) is 30.6. The van der Waals surface area contributed by atoms with E-state index in [1.165, 1.54) is 12.8 Å². The van der Waals surface area contributed by atoms with E-state index < -0.39 is 0 Å². The van der Waals surface area contributed by atoms with Crippen molar-refractivity contribution in [2.24, 2.45) is 0 Å². The Kier molecular flexibility index (Phi) is 5.13. The highest BCUT2D eigenvalue weighted by atomic mass is 32.2. The second-order valence-corrected chi connectivity index (χ2v) is 6.93. The zero-order valence-corrected chi connectivity index (χ0v) is 12.7. The molecule has 0 aromatic rings. The molecule has 1 saturated heterocycles. The Balaban J connectivity index is 1.91. The van der Waals surface area contributed by atoms with Gasteiger partial charge >= 0.3 is 0 Å². The first-order chi connectivity index (χ1) is 9.13. The van der Waals surface area contributed by atoms with Crippen molar-refractivity contribution in [3.63, 3.8) is 0 Å². The number of nitrogens with zero attached hydrogens (tertiary/aromatic N) is 1. The van der Waals surface area contributed by atoms with Crippen LogP contribution in [0.2, 0.25) is 0 Å². The van der Waals surface area contributed by atoms with Crippen molar-refractivity contribution in [2.45, 2.75) is 63.3 Å². The quantitative estimate of drug-likeness (QED) is 0.856. The van der Waals surface area contributed by atoms with Crippen LogP contribution in [0.5, 0.6) is 0 Å². The Morgan fingerprint density at radius 3 is 2.74 bits per heavy atom. The van der Waals surface area contributed by atoms with Gasteiger partial charge in [-0.2, -0.15) is 11.8 Å². The number of hydrogen-bond acceptors (Lipinski definition) is 3. The molecule has 3 atom stereocenters. The standard InChI is InChI=1S/C14H24N2O2S/c1-3-19-13-8-4-6-11(13)15-14(18)12-7-5-9-16(12)10(2)17/h11-13H,3-9H2,1-2H3,(H,15,18)/t11?,12-,13?/m0/s1. The Morgan fingerprint density at radius 1 is 1.26 bits per heavy atom. The van der Waals surface area contributed by atoms with Crippen LogP contribution in [0.15, 0.2) is 0 Å². The van der Waals surface area contributed by atoms with E-state index in [0.29, 0.717) is 11.3 Å². The van der Waals surface area contributed by atoms with Crippen LogP contribution in [0.3, 0.4) is 0 Å². The van der Waals surface area contributed by atoms with Gasteiger partial charge in [0.1, 0.15) is 6.04 Å². The van der Waals surface area contributed by atoms with E-state index in [2.05, 4.69) is 12.2 Å². The van der Waals surface area contributed by atoms with Crippen LogP contribution >= 0.6 is 11.8 Å². The zero-order chi connectivity index (χ0) is 13.8. The highest BCUT2D eigenvalue weighted by Crippen LogP contribution is 2.30. The fourth-order valence-electron chi connectivity index (χ4n) is 3.20. The summed E-state index contributed by atoms with van der Waals surface area (Å²) in [4.78, 5) is 25.6. The van der Waals surface area contributed by atoms with Gasteiger partial charge in [-0.3, -0.25) is 9.59 Å². The molecule has 1 saturated carbocycles. The van der Waals surface area contributed by atoms with E-state index in [-0.39, 0.29) is 17.9 Å². The molecule has 2 unspecified atom stereocenters. The molecule has 108 valence electrons. The lowest BCUT2D eigenvalue weighted by Crippen LogP contribution is -2.49. The first kappa shape index (κ1) is 14.7. The van der Waals surface area contributed by atoms with Crippen molar-refractivity contribution < 1.29 is 9.59 Å². The first-order valence-corrected chi connectivity index (χ1v) is 8.37. The molecule has 5 heteroatoms. The summed E-state index contributed by atoms with van der Waals surface area (Å²) in [5, 5.41) is 3.74. The maximum Gasteiger partial charge on any atom is 0.243 e. The van der Waals surface area contributed by atoms with E-state index >= 15 is 0 Å². The highest BCUT2D eigenvalue weighted by molar-refractivity contribution is 7.99. The van der Waals surface area contributed by atoms with Crippen molar-refractivity contribution >= 4 is 23.6 Å². The number of carbonyl (C=O) groups is 2. The van der Waals surface area contributed by atoms with E-state index in [9.17, 15) is 9.59 Å². The third kappa shape index (κ3) is 3.44. The average Bonchev–Trinajstić information content (AvgIpc) is 2.98. The molecular formula is C14H24N2O2S. The van der Waals surface area contributed by atoms with Gasteiger partial charge in [-0.15, -0.1) is 0 Å². The van der Waals surface area contributed by atoms with Crippen molar-refractivity contribution in [2.75, 3.05) is 12.3 Å². The molecule has 1 aliphatic carbocycles. The molecule has 0 radical (unpaired) electrons. The summed E-state index contributed by atoms with van der Waals surface area (Å²) in [6.45, 7) is 4.44. The van der Waals surface area contributed by atoms with Gasteiger partial charge in [-0.05, 0) is 31.4 Å². The van der Waals surface area contributed by atoms with Gasteiger partial charge < -0.3 is 10.2 Å². The Morgan fingerprint density at radius 2 is 2.05 bits per heavy atom. The third-order valence-corrected chi connectivity index (χ3v) is 5.45. The van der Waals surface area contributed by atoms with Crippen LogP contribution < -0.4 is 5.32 Å². The third-order valence-electron chi connectivity index (χ3n) is 4.12. The SMILES string of the molecule is CCSC1CCCC1NC(=O)[C@@H]1CCCN1C(C)=O. The lowest BCUT2D eigenvalue weighted by Gasteiger charge is -2.26. The monoisotopic (exact) mass is 284 g/mol. The summed E-state index contributed by atoms with van der Waals surface area (Å²) >= 11 is 1.94. The van der Waals surface area contributed by atoms with Gasteiger partial charge in [0.25, 0.3) is 0 Å². The van der Waals surface area contributed by atoms with Gasteiger partial charge in [0.15, 0.2) is 0 Å². The molecular weight excluding hydrogens is 260 g/mol. The molecule has 2 rings (SSSR count). The Labute approximate surface area is 119 Å². The van der Waals surface area contributed by atoms with E-state index in [1.807, 2.05) is 11.8 Å². The summed E-state index contributed by atoms with van der Waals surface area (Å²) in [5.74, 6) is 1.17. The van der Waals surface area contributed by atoms with Gasteiger partial charge in [-0.25, -0.2) is 0 Å². The Hall–Kier alpha value is -0.710. The summed E-state index contributed by atoms with van der Waals surface area (Å²) < 4.78 is 0. The van der Waals surface area contributed by atoms with Crippen molar-refractivity contribution in [3.8, 4) is 0 Å². The number of nitrogens with one attached hydrogen (secondary N) is 1. The second kappa shape index (κ2) is 6.64. The summed E-state index contributed by atoms with van der Waals surface area (Å²) in [7, 11) is 0. The molecule has 1 N–H and O–H groups in total. The van der Waals surface area contributed by atoms with Crippen LogP contribution in [-0.4, -0.2) is 46.3 Å². The molecule has 4 nitrogen and oxygen atoms in total. The lowest BCUT2D eigenvalue weighted by molar-refractivity contribution is -0.137. The van der Waals surface area contributed by atoms with Crippen molar-refractivity contribution in [3.05, 3.63) is 0 Å². The number of thioether (sulfide) groups is 1. The van der Waals surface area contributed by atoms with Gasteiger partial charge in [-0.1, -0.05) is 13.3 Å². The number of hydrogen-bond donors (Lipinski definition) is 1. The number of likely N-dealkylation sites (tertiary alicyclic amines) is 1. The molecule has 19 heavy (non-hydrogen) atoms. The fourth-order valence-corrected chi connectivity index (χ4v) is 4.40. The smallest absolute Gasteiger partial charge is 0.243 e. The summed E-state index contributed by atoms with van der Waals surface area (Å²) in [6.07, 6.45) is 5.23. The maximum absolute atomic E-state index is 12.4. The molecule has 0 aromatic heterocycles. The molecule has 1 aliphatic heterocycles. The molecule has 0 aromatic carbocycles. The summed E-state index contributed by atoms with van der Waals surface area (Å²) in [5.41, 5.74) is 0. The minimum atomic E-state index is -0.231. The number of rotatable bonds is 4. The predicted octanol–water partition coefficient (Wildman–Crippen LogP) is 1.79. The minimum absolute atomic E-state index is 0.0172. The molecule has 2 amide bonds. The summed E-state index contributed by atoms with van der Waals surface area (Å²) in [6, 6.07) is 0.0669. The predicted molar refractivity (Wildman–Crippen MR) is 78.1 cm³/mol. The first-order valence-electron chi connectivity index (χ1n) is 7.32. The van der Waals surface area contributed by atoms with E-state index in [4.69, 9.17) is 0 Å². The van der Waals surface area contributed by atoms with Crippen molar-refractivity contribution in [1.82, 2.24) is 10.2 Å². The number of amides is 2. The van der Waals surface area contributed by atoms with Crippen LogP contribution in [0.1, 0.15) is 46.0 Å². The number of carbonyl (C=O) groups excluding carboxylic acids is 2. The van der Waals surface area contributed by atoms with Gasteiger partial charge in [0.2, 0.25) is 11.8 Å². The van der Waals surface area contributed by atoms with Crippen molar-refractivity contribution in [1.29, 1.82) is 0 Å². The van der Waals surface area contributed by atoms with Crippen LogP contribution in [-0.2, 0) is 9.59 Å². The zero-order valence-electron chi connectivity index (χ0n) is 11.9.